The number of carbonyl (C=O) groups is 3. The molecule has 2 aliphatic rings. The number of hydrogen-bond donors (Lipinski definition) is 1. The minimum absolute atomic E-state index is 0.0631. The maximum Gasteiger partial charge on any atom is 0.261 e. The average molecular weight is 382 g/mol. The predicted molar refractivity (Wildman–Crippen MR) is 100 cm³/mol. The molecule has 0 aliphatic carbocycles. The number of imide groups is 1. The third kappa shape index (κ3) is 2.97. The van der Waals surface area contributed by atoms with Crippen LogP contribution in [0.4, 0.5) is 4.39 Å². The van der Waals surface area contributed by atoms with E-state index in [0.717, 1.165) is 10.3 Å². The van der Waals surface area contributed by atoms with Crippen molar-refractivity contribution in [2.75, 3.05) is 26.2 Å². The van der Waals surface area contributed by atoms with Crippen molar-refractivity contribution < 1.29 is 23.9 Å². The fourth-order valence-corrected chi connectivity index (χ4v) is 3.88. The molecular weight excluding hydrogens is 363 g/mol. The van der Waals surface area contributed by atoms with Crippen LogP contribution in [0.15, 0.2) is 47.8 Å². The normalized spacial score (nSPS) is 18.6. The number of hydrogen-bond acceptors (Lipinski definition) is 4. The van der Waals surface area contributed by atoms with Crippen molar-refractivity contribution in [1.29, 1.82) is 0 Å². The maximum atomic E-state index is 13.7. The molecule has 1 N–H and O–H groups in total. The monoisotopic (exact) mass is 382 g/mol. The molecule has 0 atom stereocenters. The lowest BCUT2D eigenvalue weighted by molar-refractivity contribution is -0.131. The highest BCUT2D eigenvalue weighted by Crippen LogP contribution is 2.30. The highest BCUT2D eigenvalue weighted by atomic mass is 19.1. The van der Waals surface area contributed by atoms with Gasteiger partial charge in [-0.2, -0.15) is 0 Å². The zero-order chi connectivity index (χ0) is 19.8. The molecule has 7 heteroatoms. The van der Waals surface area contributed by atoms with Crippen LogP contribution < -0.4 is 0 Å². The Hall–Kier alpha value is -3.06. The number of benzene rings is 2. The first-order chi connectivity index (χ1) is 13.5. The molecule has 0 radical (unpaired) electrons. The molecule has 0 aromatic heterocycles. The predicted octanol–water partition coefficient (Wildman–Crippen LogP) is 2.27. The Balaban J connectivity index is 1.60. The number of halogens is 1. The standard InChI is InChI=1S/C21H19FN2O4/c22-17(12-25)14-6-3-9-23(10-14)18(26)11-24-20(27)15-7-1-4-13-5-2-8-16(19(13)15)21(24)28/h1-2,4-5,7-8,25H,3,6,9-12H2/b17-14+. The number of carbonyl (C=O) groups excluding carboxylic acids is 3. The van der Waals surface area contributed by atoms with Crippen LogP contribution in [0.25, 0.3) is 10.8 Å². The summed E-state index contributed by atoms with van der Waals surface area (Å²) in [7, 11) is 0. The number of amides is 3. The van der Waals surface area contributed by atoms with Crippen molar-refractivity contribution in [2.24, 2.45) is 0 Å². The van der Waals surface area contributed by atoms with E-state index in [9.17, 15) is 18.8 Å². The van der Waals surface area contributed by atoms with Gasteiger partial charge in [-0.1, -0.05) is 24.3 Å². The largest absolute Gasteiger partial charge is 0.389 e. The fraction of sp³-hybridized carbons (Fsp3) is 0.286. The van der Waals surface area contributed by atoms with Crippen molar-refractivity contribution >= 4 is 28.5 Å². The molecule has 2 aromatic carbocycles. The summed E-state index contributed by atoms with van der Waals surface area (Å²) in [6.45, 7) is -0.602. The topological polar surface area (TPSA) is 77.9 Å². The minimum atomic E-state index is -0.693. The van der Waals surface area contributed by atoms with Crippen LogP contribution >= 0.6 is 0 Å². The summed E-state index contributed by atoms with van der Waals surface area (Å²) in [5.74, 6) is -2.05. The summed E-state index contributed by atoms with van der Waals surface area (Å²) in [5, 5.41) is 10.4. The molecule has 0 spiro atoms. The lowest BCUT2D eigenvalue weighted by Crippen LogP contribution is -2.48. The zero-order valence-corrected chi connectivity index (χ0v) is 15.2. The van der Waals surface area contributed by atoms with Crippen LogP contribution in [0.3, 0.4) is 0 Å². The first-order valence-corrected chi connectivity index (χ1v) is 9.14. The van der Waals surface area contributed by atoms with Gasteiger partial charge < -0.3 is 10.0 Å². The Kier molecular flexibility index (Phi) is 4.68. The Labute approximate surface area is 160 Å². The highest BCUT2D eigenvalue weighted by Gasteiger charge is 2.35. The van der Waals surface area contributed by atoms with E-state index in [1.54, 1.807) is 24.3 Å². The summed E-state index contributed by atoms with van der Waals surface area (Å²) >= 11 is 0. The Morgan fingerprint density at radius 1 is 1.07 bits per heavy atom. The van der Waals surface area contributed by atoms with E-state index in [-0.39, 0.29) is 6.54 Å². The van der Waals surface area contributed by atoms with E-state index in [0.29, 0.717) is 41.5 Å². The summed E-state index contributed by atoms with van der Waals surface area (Å²) in [4.78, 5) is 40.9. The second kappa shape index (κ2) is 7.16. The van der Waals surface area contributed by atoms with E-state index in [2.05, 4.69) is 0 Å². The van der Waals surface area contributed by atoms with Crippen molar-refractivity contribution in [3.8, 4) is 0 Å². The summed E-state index contributed by atoms with van der Waals surface area (Å²) < 4.78 is 13.7. The molecule has 0 bridgehead atoms. The maximum absolute atomic E-state index is 13.7. The SMILES string of the molecule is O=C(CN1C(=O)c2cccc3cccc(c23)C1=O)N1CCC/C(=C(\F)CO)C1. The second-order valence-corrected chi connectivity index (χ2v) is 6.99. The Morgan fingerprint density at radius 3 is 2.32 bits per heavy atom. The van der Waals surface area contributed by atoms with Crippen molar-refractivity contribution in [1.82, 2.24) is 9.80 Å². The molecule has 1 saturated heterocycles. The molecule has 2 aliphatic heterocycles. The number of likely N-dealkylation sites (tertiary alicyclic amines) is 1. The van der Waals surface area contributed by atoms with Crippen LogP contribution in [-0.2, 0) is 4.79 Å². The van der Waals surface area contributed by atoms with Crippen molar-refractivity contribution in [3.05, 3.63) is 58.9 Å². The van der Waals surface area contributed by atoms with Crippen molar-refractivity contribution in [2.45, 2.75) is 12.8 Å². The lowest BCUT2D eigenvalue weighted by atomic mass is 9.94. The molecule has 0 unspecified atom stereocenters. The second-order valence-electron chi connectivity index (χ2n) is 6.99. The molecular formula is C21H19FN2O4. The van der Waals surface area contributed by atoms with Gasteiger partial charge in [0, 0.05) is 29.6 Å². The first-order valence-electron chi connectivity index (χ1n) is 9.14. The molecule has 28 heavy (non-hydrogen) atoms. The number of nitrogens with zero attached hydrogens (tertiary/aromatic N) is 2. The zero-order valence-electron chi connectivity index (χ0n) is 15.2. The Bertz CT molecular complexity index is 979. The van der Waals surface area contributed by atoms with E-state index in [1.165, 1.54) is 4.90 Å². The van der Waals surface area contributed by atoms with Gasteiger partial charge in [0.25, 0.3) is 11.8 Å². The number of aliphatic hydroxyl groups is 1. The molecule has 144 valence electrons. The third-order valence-electron chi connectivity index (χ3n) is 5.31. The van der Waals surface area contributed by atoms with Gasteiger partial charge >= 0.3 is 0 Å². The smallest absolute Gasteiger partial charge is 0.261 e. The fourth-order valence-electron chi connectivity index (χ4n) is 3.88. The average Bonchev–Trinajstić information content (AvgIpc) is 2.74. The molecule has 4 rings (SSSR count). The van der Waals surface area contributed by atoms with Crippen LogP contribution in [-0.4, -0.2) is 58.9 Å². The van der Waals surface area contributed by atoms with Gasteiger partial charge in [-0.25, -0.2) is 4.39 Å². The van der Waals surface area contributed by atoms with Gasteiger partial charge in [0.05, 0.1) is 6.61 Å². The van der Waals surface area contributed by atoms with E-state index in [1.807, 2.05) is 12.1 Å². The molecule has 1 fully saturated rings. The van der Waals surface area contributed by atoms with E-state index < -0.39 is 36.7 Å². The summed E-state index contributed by atoms with van der Waals surface area (Å²) in [6.07, 6.45) is 1.05. The molecule has 6 nitrogen and oxygen atoms in total. The third-order valence-corrected chi connectivity index (χ3v) is 5.31. The number of piperidine rings is 1. The van der Waals surface area contributed by atoms with Gasteiger partial charge in [-0.15, -0.1) is 0 Å². The minimum Gasteiger partial charge on any atom is -0.389 e. The van der Waals surface area contributed by atoms with E-state index >= 15 is 0 Å². The highest BCUT2D eigenvalue weighted by molar-refractivity contribution is 6.26. The molecule has 2 heterocycles. The quantitative estimate of drug-likeness (QED) is 0.826. The van der Waals surface area contributed by atoms with Crippen LogP contribution in [0.1, 0.15) is 33.6 Å². The van der Waals surface area contributed by atoms with Crippen molar-refractivity contribution in [3.63, 3.8) is 0 Å². The Morgan fingerprint density at radius 2 is 1.71 bits per heavy atom. The summed E-state index contributed by atoms with van der Waals surface area (Å²) in [5.41, 5.74) is 1.17. The van der Waals surface area contributed by atoms with Gasteiger partial charge in [-0.3, -0.25) is 19.3 Å². The molecule has 2 aromatic rings. The van der Waals surface area contributed by atoms with E-state index in [4.69, 9.17) is 5.11 Å². The number of aliphatic hydroxyl groups excluding tert-OH is 1. The molecule has 3 amide bonds. The lowest BCUT2D eigenvalue weighted by Gasteiger charge is -2.32. The summed E-state index contributed by atoms with van der Waals surface area (Å²) in [6, 6.07) is 10.5. The van der Waals surface area contributed by atoms with Crippen LogP contribution in [0, 0.1) is 0 Å². The van der Waals surface area contributed by atoms with Gasteiger partial charge in [0.15, 0.2) is 0 Å². The molecule has 0 saturated carbocycles. The number of rotatable bonds is 3. The first kappa shape index (κ1) is 18.3. The van der Waals surface area contributed by atoms with Crippen LogP contribution in [0.2, 0.25) is 0 Å². The van der Waals surface area contributed by atoms with Gasteiger partial charge in [0.1, 0.15) is 12.4 Å². The van der Waals surface area contributed by atoms with Gasteiger partial charge in [0.2, 0.25) is 5.91 Å². The van der Waals surface area contributed by atoms with Gasteiger partial charge in [-0.05, 0) is 35.9 Å². The van der Waals surface area contributed by atoms with Crippen LogP contribution in [0.5, 0.6) is 0 Å².